The number of imidazole rings is 1. The van der Waals surface area contributed by atoms with Gasteiger partial charge in [-0.2, -0.15) is 0 Å². The molecule has 160 valence electrons. The Hall–Kier alpha value is -3.06. The number of nitrogens with one attached hydrogen (secondary N) is 1. The second-order valence-electron chi connectivity index (χ2n) is 8.76. The van der Waals surface area contributed by atoms with Crippen molar-refractivity contribution in [2.24, 2.45) is 0 Å². The van der Waals surface area contributed by atoms with Gasteiger partial charge in [-0.15, -0.1) is 0 Å². The number of rotatable bonds is 4. The number of carbonyl (C=O) groups is 2. The number of aromatic nitrogens is 2. The zero-order valence-electron chi connectivity index (χ0n) is 17.7. The molecule has 0 atom stereocenters. The molecule has 7 heteroatoms. The van der Waals surface area contributed by atoms with Crippen molar-refractivity contribution in [3.8, 4) is 0 Å². The molecule has 1 fully saturated rings. The van der Waals surface area contributed by atoms with Crippen molar-refractivity contribution in [2.75, 3.05) is 13.1 Å². The third-order valence-corrected chi connectivity index (χ3v) is 6.37. The van der Waals surface area contributed by atoms with E-state index < -0.39 is 5.67 Å². The highest BCUT2D eigenvalue weighted by Gasteiger charge is 2.38. The van der Waals surface area contributed by atoms with E-state index in [2.05, 4.69) is 24.1 Å². The molecule has 6 nitrogen and oxygen atoms in total. The SMILES string of the molecule is CC(C)c1cc(C2(F)CCNCC2)c2nc(CN3C(=O)c4ccccc4C3=O)cn2c1. The molecule has 0 radical (unpaired) electrons. The van der Waals surface area contributed by atoms with Crippen LogP contribution in [0.3, 0.4) is 0 Å². The number of alkyl halides is 1. The van der Waals surface area contributed by atoms with E-state index >= 15 is 4.39 Å². The number of hydrogen-bond acceptors (Lipinski definition) is 4. The van der Waals surface area contributed by atoms with Crippen molar-refractivity contribution in [2.45, 2.75) is 44.8 Å². The number of carbonyl (C=O) groups excluding carboxylic acids is 2. The molecule has 0 bridgehead atoms. The molecule has 3 aromatic rings. The van der Waals surface area contributed by atoms with E-state index in [0.29, 0.717) is 54.0 Å². The van der Waals surface area contributed by atoms with E-state index in [1.165, 1.54) is 4.90 Å². The number of fused-ring (bicyclic) bond motifs is 2. The second-order valence-corrected chi connectivity index (χ2v) is 8.76. The van der Waals surface area contributed by atoms with Crippen molar-refractivity contribution < 1.29 is 14.0 Å². The molecule has 4 heterocycles. The Labute approximate surface area is 180 Å². The highest BCUT2D eigenvalue weighted by atomic mass is 19.1. The third kappa shape index (κ3) is 3.24. The van der Waals surface area contributed by atoms with E-state index in [1.54, 1.807) is 30.5 Å². The van der Waals surface area contributed by atoms with Gasteiger partial charge in [-0.25, -0.2) is 9.37 Å². The number of piperidine rings is 1. The Bertz CT molecular complexity index is 1160. The zero-order chi connectivity index (χ0) is 21.8. The summed E-state index contributed by atoms with van der Waals surface area (Å²) in [6.45, 7) is 5.46. The molecule has 31 heavy (non-hydrogen) atoms. The van der Waals surface area contributed by atoms with Gasteiger partial charge >= 0.3 is 0 Å². The van der Waals surface area contributed by atoms with Crippen LogP contribution >= 0.6 is 0 Å². The predicted molar refractivity (Wildman–Crippen MR) is 115 cm³/mol. The van der Waals surface area contributed by atoms with Crippen LogP contribution in [0.25, 0.3) is 5.65 Å². The van der Waals surface area contributed by atoms with Gasteiger partial charge in [0.25, 0.3) is 11.8 Å². The van der Waals surface area contributed by atoms with Crippen molar-refractivity contribution in [1.82, 2.24) is 19.6 Å². The summed E-state index contributed by atoms with van der Waals surface area (Å²) in [5.74, 6) is -0.405. The van der Waals surface area contributed by atoms with E-state index in [-0.39, 0.29) is 24.3 Å². The first kappa shape index (κ1) is 19.9. The Kier molecular flexibility index (Phi) is 4.66. The quantitative estimate of drug-likeness (QED) is 0.652. The minimum atomic E-state index is -1.45. The van der Waals surface area contributed by atoms with Crippen LogP contribution in [0.4, 0.5) is 4.39 Å². The number of benzene rings is 1. The summed E-state index contributed by atoms with van der Waals surface area (Å²) in [6.07, 6.45) is 4.56. The maximum Gasteiger partial charge on any atom is 0.261 e. The Balaban J connectivity index is 1.55. The third-order valence-electron chi connectivity index (χ3n) is 6.37. The van der Waals surface area contributed by atoms with Gasteiger partial charge in [0, 0.05) is 18.0 Å². The number of imide groups is 1. The van der Waals surface area contributed by atoms with Gasteiger partial charge in [-0.1, -0.05) is 26.0 Å². The zero-order valence-corrected chi connectivity index (χ0v) is 17.7. The Morgan fingerprint density at radius 1 is 1.10 bits per heavy atom. The summed E-state index contributed by atoms with van der Waals surface area (Å²) < 4.78 is 17.8. The molecule has 2 aliphatic heterocycles. The minimum Gasteiger partial charge on any atom is -0.316 e. The molecule has 1 N–H and O–H groups in total. The fourth-order valence-electron chi connectivity index (χ4n) is 4.53. The molecule has 1 saturated heterocycles. The Morgan fingerprint density at radius 3 is 2.35 bits per heavy atom. The molecule has 0 unspecified atom stereocenters. The molecular weight excluding hydrogens is 395 g/mol. The molecule has 0 saturated carbocycles. The largest absolute Gasteiger partial charge is 0.316 e. The number of pyridine rings is 1. The first-order valence-electron chi connectivity index (χ1n) is 10.7. The van der Waals surface area contributed by atoms with E-state index in [4.69, 9.17) is 0 Å². The van der Waals surface area contributed by atoms with Crippen molar-refractivity contribution in [3.63, 3.8) is 0 Å². The fraction of sp³-hybridized carbons (Fsp3) is 0.375. The summed E-state index contributed by atoms with van der Waals surface area (Å²) in [4.78, 5) is 31.4. The topological polar surface area (TPSA) is 66.7 Å². The van der Waals surface area contributed by atoms with Gasteiger partial charge in [0.15, 0.2) is 0 Å². The highest BCUT2D eigenvalue weighted by molar-refractivity contribution is 6.21. The van der Waals surface area contributed by atoms with Gasteiger partial charge in [0.1, 0.15) is 11.3 Å². The molecule has 2 aliphatic rings. The molecular formula is C24H25FN4O2. The lowest BCUT2D eigenvalue weighted by atomic mass is 9.86. The lowest BCUT2D eigenvalue weighted by Gasteiger charge is -2.31. The van der Waals surface area contributed by atoms with Crippen LogP contribution in [0.1, 0.15) is 70.1 Å². The van der Waals surface area contributed by atoms with Crippen LogP contribution in [0.2, 0.25) is 0 Å². The molecule has 2 aromatic heterocycles. The van der Waals surface area contributed by atoms with Gasteiger partial charge in [-0.05, 0) is 55.6 Å². The summed E-state index contributed by atoms with van der Waals surface area (Å²) in [6, 6.07) is 8.76. The average Bonchev–Trinajstić information content (AvgIpc) is 3.28. The number of amides is 2. The second kappa shape index (κ2) is 7.27. The smallest absolute Gasteiger partial charge is 0.261 e. The van der Waals surface area contributed by atoms with Gasteiger partial charge in [0.05, 0.1) is 23.4 Å². The van der Waals surface area contributed by atoms with E-state index in [9.17, 15) is 9.59 Å². The van der Waals surface area contributed by atoms with Crippen LogP contribution in [0.15, 0.2) is 42.7 Å². The van der Waals surface area contributed by atoms with Crippen LogP contribution in [-0.4, -0.2) is 39.2 Å². The minimum absolute atomic E-state index is 0.0608. The van der Waals surface area contributed by atoms with Crippen molar-refractivity contribution in [3.05, 3.63) is 70.7 Å². The van der Waals surface area contributed by atoms with Crippen LogP contribution < -0.4 is 5.32 Å². The standard InChI is InChI=1S/C24H25FN4O2/c1-15(2)16-11-20(24(25)7-9-26-10-8-24)21-27-17(13-28(21)12-16)14-29-22(30)18-5-3-4-6-19(18)23(29)31/h3-6,11-13,15,26H,7-10,14H2,1-2H3. The van der Waals surface area contributed by atoms with E-state index in [0.717, 1.165) is 5.56 Å². The number of nitrogens with zero attached hydrogens (tertiary/aromatic N) is 3. The molecule has 0 spiro atoms. The Morgan fingerprint density at radius 2 is 1.74 bits per heavy atom. The first-order valence-corrected chi connectivity index (χ1v) is 10.7. The summed E-state index contributed by atoms with van der Waals surface area (Å²) in [7, 11) is 0. The lowest BCUT2D eigenvalue weighted by Crippen LogP contribution is -2.37. The number of halogens is 1. The van der Waals surface area contributed by atoms with Gasteiger partial charge in [-0.3, -0.25) is 14.5 Å². The van der Waals surface area contributed by atoms with Crippen molar-refractivity contribution >= 4 is 17.5 Å². The van der Waals surface area contributed by atoms with Crippen LogP contribution in [-0.2, 0) is 12.2 Å². The fourth-order valence-corrected chi connectivity index (χ4v) is 4.53. The average molecular weight is 420 g/mol. The van der Waals surface area contributed by atoms with Crippen LogP contribution in [0.5, 0.6) is 0 Å². The van der Waals surface area contributed by atoms with Crippen LogP contribution in [0, 0.1) is 0 Å². The highest BCUT2D eigenvalue weighted by Crippen LogP contribution is 2.38. The summed E-state index contributed by atoms with van der Waals surface area (Å²) in [5.41, 5.74) is 2.12. The molecule has 0 aliphatic carbocycles. The first-order chi connectivity index (χ1) is 14.9. The van der Waals surface area contributed by atoms with E-state index in [1.807, 2.05) is 16.7 Å². The molecule has 2 amide bonds. The normalized spacial score (nSPS) is 18.3. The number of hydrogen-bond donors (Lipinski definition) is 1. The molecule has 5 rings (SSSR count). The lowest BCUT2D eigenvalue weighted by molar-refractivity contribution is 0.0640. The summed E-state index contributed by atoms with van der Waals surface area (Å²) in [5, 5.41) is 3.22. The monoisotopic (exact) mass is 420 g/mol. The van der Waals surface area contributed by atoms with Gasteiger partial charge in [0.2, 0.25) is 0 Å². The van der Waals surface area contributed by atoms with Gasteiger partial charge < -0.3 is 9.72 Å². The molecule has 1 aromatic carbocycles. The summed E-state index contributed by atoms with van der Waals surface area (Å²) >= 11 is 0. The predicted octanol–water partition coefficient (Wildman–Crippen LogP) is 3.80. The maximum atomic E-state index is 16.0. The van der Waals surface area contributed by atoms with Crippen molar-refractivity contribution in [1.29, 1.82) is 0 Å². The maximum absolute atomic E-state index is 16.0.